The van der Waals surface area contributed by atoms with Crippen LogP contribution in [0.25, 0.3) is 0 Å². The van der Waals surface area contributed by atoms with E-state index in [-0.39, 0.29) is 5.91 Å². The van der Waals surface area contributed by atoms with Crippen LogP contribution in [0.2, 0.25) is 0 Å². The molecule has 0 aromatic heterocycles. The van der Waals surface area contributed by atoms with Crippen LogP contribution in [-0.2, 0) is 10.6 Å². The number of esters is 1. The highest BCUT2D eigenvalue weighted by molar-refractivity contribution is 6.04. The van der Waals surface area contributed by atoms with Crippen LogP contribution in [0, 0.1) is 0 Å². The van der Waals surface area contributed by atoms with Crippen LogP contribution in [-0.4, -0.2) is 11.9 Å². The monoisotopic (exact) mass is 266 g/mol. The number of carbonyl (C=O) groups excluding carboxylic acids is 2. The number of hydrogen-bond donors (Lipinski definition) is 2. The van der Waals surface area contributed by atoms with Crippen LogP contribution in [0.3, 0.4) is 0 Å². The molecular formula is C15H10N2O3. The van der Waals surface area contributed by atoms with Crippen LogP contribution < -0.4 is 10.6 Å². The summed E-state index contributed by atoms with van der Waals surface area (Å²) in [7, 11) is 0. The zero-order valence-electron chi connectivity index (χ0n) is 10.3. The van der Waals surface area contributed by atoms with Gasteiger partial charge in [0.15, 0.2) is 0 Å². The number of fused-ring (bicyclic) bond motifs is 3. The molecule has 0 aliphatic carbocycles. The standard InChI is InChI=1S/C15H10N2O3/c18-13-10-6-2-4-8-12(10)16-15(17-13)11-7-3-1-5-9(11)14(19)20-15/h1-8,16H,(H,17,18). The normalized spacial score (nSPS) is 22.6. The third-order valence-corrected chi connectivity index (χ3v) is 3.54. The van der Waals surface area contributed by atoms with Crippen molar-refractivity contribution in [1.82, 2.24) is 5.32 Å². The molecule has 1 spiro atoms. The first-order chi connectivity index (χ1) is 9.70. The van der Waals surface area contributed by atoms with E-state index in [9.17, 15) is 9.59 Å². The molecule has 4 rings (SSSR count). The molecule has 0 saturated carbocycles. The number of carbonyl (C=O) groups is 2. The smallest absolute Gasteiger partial charge is 0.342 e. The van der Waals surface area contributed by atoms with Crippen LogP contribution in [0.5, 0.6) is 0 Å². The summed E-state index contributed by atoms with van der Waals surface area (Å²) in [4.78, 5) is 24.2. The summed E-state index contributed by atoms with van der Waals surface area (Å²) in [5.74, 6) is -2.03. The molecule has 0 radical (unpaired) electrons. The van der Waals surface area contributed by atoms with Crippen LogP contribution in [0.4, 0.5) is 5.69 Å². The average molecular weight is 266 g/mol. The molecule has 5 heteroatoms. The highest BCUT2D eigenvalue weighted by atomic mass is 16.6. The van der Waals surface area contributed by atoms with E-state index in [0.717, 1.165) is 0 Å². The number of benzene rings is 2. The highest BCUT2D eigenvalue weighted by Gasteiger charge is 2.49. The summed E-state index contributed by atoms with van der Waals surface area (Å²) >= 11 is 0. The van der Waals surface area contributed by atoms with Gasteiger partial charge in [-0.05, 0) is 18.2 Å². The molecule has 2 aliphatic rings. The second kappa shape index (κ2) is 3.60. The van der Waals surface area contributed by atoms with Gasteiger partial charge in [0.05, 0.1) is 22.4 Å². The van der Waals surface area contributed by atoms with Gasteiger partial charge in [0.25, 0.3) is 11.8 Å². The van der Waals surface area contributed by atoms with E-state index >= 15 is 0 Å². The Bertz CT molecular complexity index is 756. The van der Waals surface area contributed by atoms with Crippen LogP contribution in [0.15, 0.2) is 48.5 Å². The Labute approximate surface area is 114 Å². The molecule has 0 fully saturated rings. The minimum Gasteiger partial charge on any atom is -0.412 e. The molecule has 20 heavy (non-hydrogen) atoms. The highest BCUT2D eigenvalue weighted by Crippen LogP contribution is 2.38. The second-order valence-corrected chi connectivity index (χ2v) is 4.74. The second-order valence-electron chi connectivity index (χ2n) is 4.74. The first kappa shape index (κ1) is 11.0. The molecular weight excluding hydrogens is 256 g/mol. The fraction of sp³-hybridized carbons (Fsp3) is 0.0667. The van der Waals surface area contributed by atoms with Gasteiger partial charge in [-0.15, -0.1) is 0 Å². The SMILES string of the molecule is O=C1NC2(Nc3ccccc31)OC(=O)c1ccccc12. The van der Waals surface area contributed by atoms with E-state index in [0.29, 0.717) is 22.4 Å². The number of anilines is 1. The van der Waals surface area contributed by atoms with Gasteiger partial charge in [0, 0.05) is 0 Å². The summed E-state index contributed by atoms with van der Waals surface area (Å²) in [5, 5.41) is 5.86. The third-order valence-electron chi connectivity index (χ3n) is 3.54. The van der Waals surface area contributed by atoms with Crippen molar-refractivity contribution in [2.24, 2.45) is 0 Å². The van der Waals surface area contributed by atoms with Gasteiger partial charge in [-0.3, -0.25) is 10.1 Å². The van der Waals surface area contributed by atoms with Gasteiger partial charge in [-0.25, -0.2) is 4.79 Å². The Hall–Kier alpha value is -2.82. The van der Waals surface area contributed by atoms with Gasteiger partial charge < -0.3 is 10.1 Å². The first-order valence-corrected chi connectivity index (χ1v) is 6.22. The predicted octanol–water partition coefficient (Wildman–Crippen LogP) is 1.82. The lowest BCUT2D eigenvalue weighted by atomic mass is 10.0. The van der Waals surface area contributed by atoms with Crippen molar-refractivity contribution in [3.05, 3.63) is 65.2 Å². The summed E-state index contributed by atoms with van der Waals surface area (Å²) in [6, 6.07) is 14.1. The topological polar surface area (TPSA) is 67.4 Å². The summed E-state index contributed by atoms with van der Waals surface area (Å²) in [6.07, 6.45) is 0. The molecule has 1 atom stereocenters. The van der Waals surface area contributed by atoms with Crippen molar-refractivity contribution in [3.63, 3.8) is 0 Å². The van der Waals surface area contributed by atoms with Crippen LogP contribution >= 0.6 is 0 Å². The Kier molecular flexibility index (Phi) is 1.99. The average Bonchev–Trinajstić information content (AvgIpc) is 2.72. The zero-order valence-corrected chi connectivity index (χ0v) is 10.3. The fourth-order valence-electron chi connectivity index (χ4n) is 2.64. The number of para-hydroxylation sites is 1. The molecule has 1 amide bonds. The third kappa shape index (κ3) is 1.31. The van der Waals surface area contributed by atoms with Gasteiger partial charge in [0.2, 0.25) is 0 Å². The molecule has 0 saturated heterocycles. The summed E-state index contributed by atoms with van der Waals surface area (Å²) < 4.78 is 5.41. The molecule has 98 valence electrons. The molecule has 5 nitrogen and oxygen atoms in total. The Morgan fingerprint density at radius 3 is 2.40 bits per heavy atom. The van der Waals surface area contributed by atoms with Gasteiger partial charge in [-0.1, -0.05) is 30.3 Å². The number of hydrogen-bond acceptors (Lipinski definition) is 4. The summed E-state index contributed by atoms with van der Waals surface area (Å²) in [6.45, 7) is 0. The maximum absolute atomic E-state index is 12.2. The number of nitrogens with one attached hydrogen (secondary N) is 2. The number of rotatable bonds is 0. The molecule has 0 bridgehead atoms. The maximum Gasteiger partial charge on any atom is 0.342 e. The van der Waals surface area contributed by atoms with E-state index in [1.54, 1.807) is 42.5 Å². The molecule has 2 aliphatic heterocycles. The minimum absolute atomic E-state index is 0.274. The largest absolute Gasteiger partial charge is 0.412 e. The lowest BCUT2D eigenvalue weighted by Crippen LogP contribution is -2.55. The Morgan fingerprint density at radius 2 is 1.55 bits per heavy atom. The lowest BCUT2D eigenvalue weighted by Gasteiger charge is -2.35. The lowest BCUT2D eigenvalue weighted by molar-refractivity contribution is -0.0102. The van der Waals surface area contributed by atoms with Crippen LogP contribution in [0.1, 0.15) is 26.3 Å². The van der Waals surface area contributed by atoms with Gasteiger partial charge >= 0.3 is 5.97 Å². The van der Waals surface area contributed by atoms with Gasteiger partial charge in [-0.2, -0.15) is 0 Å². The molecule has 2 heterocycles. The minimum atomic E-state index is -1.31. The fourth-order valence-corrected chi connectivity index (χ4v) is 2.64. The molecule has 1 unspecified atom stereocenters. The predicted molar refractivity (Wildman–Crippen MR) is 71.1 cm³/mol. The van der Waals surface area contributed by atoms with Crippen molar-refractivity contribution >= 4 is 17.6 Å². The van der Waals surface area contributed by atoms with Crippen molar-refractivity contribution in [1.29, 1.82) is 0 Å². The Morgan fingerprint density at radius 1 is 0.850 bits per heavy atom. The first-order valence-electron chi connectivity index (χ1n) is 6.22. The van der Waals surface area contributed by atoms with Crippen molar-refractivity contribution in [2.75, 3.05) is 5.32 Å². The van der Waals surface area contributed by atoms with E-state index in [2.05, 4.69) is 10.6 Å². The maximum atomic E-state index is 12.2. The van der Waals surface area contributed by atoms with Crippen molar-refractivity contribution in [2.45, 2.75) is 5.85 Å². The quantitative estimate of drug-likeness (QED) is 0.714. The Balaban J connectivity index is 1.90. The van der Waals surface area contributed by atoms with Gasteiger partial charge in [0.1, 0.15) is 0 Å². The van der Waals surface area contributed by atoms with E-state index in [4.69, 9.17) is 4.74 Å². The number of amides is 1. The van der Waals surface area contributed by atoms with Crippen molar-refractivity contribution < 1.29 is 14.3 Å². The number of ether oxygens (including phenoxy) is 1. The zero-order chi connectivity index (χ0) is 13.7. The molecule has 2 N–H and O–H groups in total. The molecule has 2 aromatic rings. The van der Waals surface area contributed by atoms with E-state index < -0.39 is 11.8 Å². The van der Waals surface area contributed by atoms with E-state index in [1.165, 1.54) is 0 Å². The van der Waals surface area contributed by atoms with E-state index in [1.807, 2.05) is 6.07 Å². The van der Waals surface area contributed by atoms with Crippen molar-refractivity contribution in [3.8, 4) is 0 Å². The molecule has 2 aromatic carbocycles. The summed E-state index contributed by atoms with van der Waals surface area (Å²) in [5.41, 5.74) is 2.24.